The summed E-state index contributed by atoms with van der Waals surface area (Å²) in [6.45, 7) is 2.68. The minimum absolute atomic E-state index is 0.143. The Hall–Kier alpha value is -0.100. The van der Waals surface area contributed by atoms with Gasteiger partial charge in [-0.3, -0.25) is 4.90 Å². The van der Waals surface area contributed by atoms with E-state index in [-0.39, 0.29) is 6.10 Å². The van der Waals surface area contributed by atoms with Crippen molar-refractivity contribution in [2.75, 3.05) is 20.2 Å². The van der Waals surface area contributed by atoms with Crippen molar-refractivity contribution in [3.8, 4) is 5.06 Å². The number of halogens is 1. The Kier molecular flexibility index (Phi) is 3.66. The van der Waals surface area contributed by atoms with E-state index in [9.17, 15) is 5.11 Å². The Bertz CT molecular complexity index is 342. The van der Waals surface area contributed by atoms with Gasteiger partial charge in [0.1, 0.15) is 0 Å². The number of rotatable bonds is 3. The van der Waals surface area contributed by atoms with Crippen LogP contribution in [0.3, 0.4) is 0 Å². The summed E-state index contributed by atoms with van der Waals surface area (Å²) >= 11 is 5.11. The molecule has 84 valence electrons. The minimum Gasteiger partial charge on any atom is -0.486 e. The van der Waals surface area contributed by atoms with E-state index in [2.05, 4.69) is 26.9 Å². The van der Waals surface area contributed by atoms with Crippen LogP contribution in [0.5, 0.6) is 5.06 Å². The van der Waals surface area contributed by atoms with Gasteiger partial charge in [0, 0.05) is 24.5 Å². The highest BCUT2D eigenvalue weighted by Crippen LogP contribution is 2.35. The molecule has 1 aromatic rings. The predicted molar refractivity (Wildman–Crippen MR) is 64.5 cm³/mol. The van der Waals surface area contributed by atoms with Crippen molar-refractivity contribution in [3.05, 3.63) is 15.4 Å². The van der Waals surface area contributed by atoms with E-state index in [1.807, 2.05) is 0 Å². The van der Waals surface area contributed by atoms with Crippen LogP contribution in [-0.2, 0) is 6.54 Å². The monoisotopic (exact) mass is 291 g/mol. The molecule has 1 aliphatic rings. The first-order valence-electron chi connectivity index (χ1n) is 4.91. The maximum Gasteiger partial charge on any atom is 0.188 e. The Morgan fingerprint density at radius 3 is 3.07 bits per heavy atom. The fourth-order valence-electron chi connectivity index (χ4n) is 1.79. The summed E-state index contributed by atoms with van der Waals surface area (Å²) in [6, 6.07) is 2.09. The second-order valence-corrected chi connectivity index (χ2v) is 5.68. The van der Waals surface area contributed by atoms with Crippen LogP contribution in [0, 0.1) is 0 Å². The third-order valence-corrected chi connectivity index (χ3v) is 4.45. The van der Waals surface area contributed by atoms with Gasteiger partial charge in [0.2, 0.25) is 0 Å². The summed E-state index contributed by atoms with van der Waals surface area (Å²) in [4.78, 5) is 3.54. The quantitative estimate of drug-likeness (QED) is 0.926. The molecular formula is C10H14BrNO2S. The molecule has 0 saturated carbocycles. The van der Waals surface area contributed by atoms with Crippen LogP contribution in [0.2, 0.25) is 0 Å². The zero-order valence-corrected chi connectivity index (χ0v) is 11.0. The van der Waals surface area contributed by atoms with Crippen LogP contribution in [0.25, 0.3) is 0 Å². The number of methoxy groups -OCH3 is 1. The Morgan fingerprint density at radius 1 is 1.73 bits per heavy atom. The largest absolute Gasteiger partial charge is 0.486 e. The zero-order chi connectivity index (χ0) is 10.8. The number of hydrogen-bond acceptors (Lipinski definition) is 4. The molecule has 1 fully saturated rings. The average Bonchev–Trinajstić information content (AvgIpc) is 2.73. The molecule has 2 heterocycles. The van der Waals surface area contributed by atoms with E-state index in [1.54, 1.807) is 18.4 Å². The molecule has 0 amide bonds. The van der Waals surface area contributed by atoms with Crippen molar-refractivity contribution in [2.24, 2.45) is 0 Å². The second-order valence-electron chi connectivity index (χ2n) is 3.73. The van der Waals surface area contributed by atoms with Gasteiger partial charge in [-0.05, 0) is 28.4 Å². The third-order valence-electron chi connectivity index (χ3n) is 2.52. The first kappa shape index (κ1) is 11.4. The smallest absolute Gasteiger partial charge is 0.188 e. The molecule has 0 bridgehead atoms. The molecule has 0 unspecified atom stereocenters. The summed E-state index contributed by atoms with van der Waals surface area (Å²) in [5.74, 6) is 0. The fraction of sp³-hybridized carbons (Fsp3) is 0.600. The summed E-state index contributed by atoms with van der Waals surface area (Å²) in [5, 5.41) is 10.3. The van der Waals surface area contributed by atoms with Crippen LogP contribution >= 0.6 is 27.3 Å². The van der Waals surface area contributed by atoms with Gasteiger partial charge in [-0.2, -0.15) is 0 Å². The molecule has 0 radical (unpaired) electrons. The molecule has 0 aliphatic carbocycles. The number of thiophene rings is 1. The molecule has 1 atom stereocenters. The number of hydrogen-bond donors (Lipinski definition) is 1. The lowest BCUT2D eigenvalue weighted by molar-refractivity contribution is 0.175. The molecule has 1 N–H and O–H groups in total. The maximum absolute atomic E-state index is 9.41. The molecule has 5 heteroatoms. The van der Waals surface area contributed by atoms with Crippen molar-refractivity contribution in [3.63, 3.8) is 0 Å². The summed E-state index contributed by atoms with van der Waals surface area (Å²) in [6.07, 6.45) is 0.749. The molecular weight excluding hydrogens is 278 g/mol. The van der Waals surface area contributed by atoms with Crippen LogP contribution in [0.15, 0.2) is 10.5 Å². The minimum atomic E-state index is -0.143. The SMILES string of the molecule is COc1sc(CN2CC[C@@H](O)C2)cc1Br. The van der Waals surface area contributed by atoms with Crippen molar-refractivity contribution in [2.45, 2.75) is 19.1 Å². The highest BCUT2D eigenvalue weighted by molar-refractivity contribution is 9.10. The summed E-state index contributed by atoms with van der Waals surface area (Å²) in [7, 11) is 1.68. The Morgan fingerprint density at radius 2 is 2.53 bits per heavy atom. The van der Waals surface area contributed by atoms with Crippen molar-refractivity contribution in [1.29, 1.82) is 0 Å². The third kappa shape index (κ3) is 2.72. The molecule has 3 nitrogen and oxygen atoms in total. The highest BCUT2D eigenvalue weighted by Gasteiger charge is 2.21. The van der Waals surface area contributed by atoms with Gasteiger partial charge < -0.3 is 9.84 Å². The number of ether oxygens (including phenoxy) is 1. The Labute approximate surface area is 102 Å². The number of aliphatic hydroxyl groups excluding tert-OH is 1. The van der Waals surface area contributed by atoms with E-state index in [4.69, 9.17) is 4.74 Å². The van der Waals surface area contributed by atoms with Crippen LogP contribution < -0.4 is 4.74 Å². The second kappa shape index (κ2) is 4.82. The maximum atomic E-state index is 9.41. The number of nitrogens with zero attached hydrogens (tertiary/aromatic N) is 1. The van der Waals surface area contributed by atoms with Crippen molar-refractivity contribution in [1.82, 2.24) is 4.90 Å². The molecule has 0 spiro atoms. The van der Waals surface area contributed by atoms with E-state index in [0.29, 0.717) is 0 Å². The molecule has 0 aromatic carbocycles. The summed E-state index contributed by atoms with van der Waals surface area (Å²) in [5.41, 5.74) is 0. The van der Waals surface area contributed by atoms with E-state index in [1.165, 1.54) is 4.88 Å². The summed E-state index contributed by atoms with van der Waals surface area (Å²) < 4.78 is 6.23. The Balaban J connectivity index is 1.98. The standard InChI is InChI=1S/C10H14BrNO2S/c1-14-10-9(11)4-8(15-10)6-12-3-2-7(13)5-12/h4,7,13H,2-3,5-6H2,1H3/t7-/m1/s1. The average molecular weight is 292 g/mol. The number of aliphatic hydroxyl groups is 1. The first-order chi connectivity index (χ1) is 7.19. The van der Waals surface area contributed by atoms with E-state index >= 15 is 0 Å². The van der Waals surface area contributed by atoms with Gasteiger partial charge in [-0.25, -0.2) is 0 Å². The molecule has 1 aromatic heterocycles. The predicted octanol–water partition coefficient (Wildman–Crippen LogP) is 2.09. The number of β-amino-alcohol motifs (C(OH)–C–C–N with tert-alkyl or cyclic N) is 1. The number of likely N-dealkylation sites (tertiary alicyclic amines) is 1. The van der Waals surface area contributed by atoms with Gasteiger partial charge in [-0.1, -0.05) is 0 Å². The molecule has 1 saturated heterocycles. The van der Waals surface area contributed by atoms with Gasteiger partial charge in [-0.15, -0.1) is 11.3 Å². The van der Waals surface area contributed by atoms with E-state index in [0.717, 1.165) is 35.6 Å². The van der Waals surface area contributed by atoms with Gasteiger partial charge in [0.05, 0.1) is 17.7 Å². The van der Waals surface area contributed by atoms with Gasteiger partial charge in [0.15, 0.2) is 5.06 Å². The normalized spacial score (nSPS) is 22.2. The highest BCUT2D eigenvalue weighted by atomic mass is 79.9. The topological polar surface area (TPSA) is 32.7 Å². The van der Waals surface area contributed by atoms with Crippen LogP contribution in [-0.4, -0.2) is 36.3 Å². The molecule has 15 heavy (non-hydrogen) atoms. The first-order valence-corrected chi connectivity index (χ1v) is 6.52. The lowest BCUT2D eigenvalue weighted by Crippen LogP contribution is -2.20. The van der Waals surface area contributed by atoms with Gasteiger partial charge in [0.25, 0.3) is 0 Å². The van der Waals surface area contributed by atoms with Gasteiger partial charge >= 0.3 is 0 Å². The van der Waals surface area contributed by atoms with Crippen LogP contribution in [0.1, 0.15) is 11.3 Å². The van der Waals surface area contributed by atoms with E-state index < -0.39 is 0 Å². The lowest BCUT2D eigenvalue weighted by atomic mass is 10.3. The molecule has 1 aliphatic heterocycles. The lowest BCUT2D eigenvalue weighted by Gasteiger charge is -2.12. The molecule has 2 rings (SSSR count). The zero-order valence-electron chi connectivity index (χ0n) is 8.57. The van der Waals surface area contributed by atoms with Crippen molar-refractivity contribution >= 4 is 27.3 Å². The fourth-order valence-corrected chi connectivity index (χ4v) is 3.53. The van der Waals surface area contributed by atoms with Crippen molar-refractivity contribution < 1.29 is 9.84 Å². The van der Waals surface area contributed by atoms with Crippen LogP contribution in [0.4, 0.5) is 0 Å².